The first-order valence-electron chi connectivity index (χ1n) is 8.66. The summed E-state index contributed by atoms with van der Waals surface area (Å²) in [5, 5.41) is 0. The van der Waals surface area contributed by atoms with E-state index in [2.05, 4.69) is 19.7 Å². The summed E-state index contributed by atoms with van der Waals surface area (Å²) in [7, 11) is 1.36. The van der Waals surface area contributed by atoms with Gasteiger partial charge in [-0.3, -0.25) is 4.57 Å². The first-order chi connectivity index (χ1) is 14.1. The van der Waals surface area contributed by atoms with Crippen molar-refractivity contribution >= 4 is 5.97 Å². The quantitative estimate of drug-likeness (QED) is 0.451. The molecule has 0 aliphatic carbocycles. The molecule has 0 aliphatic rings. The predicted molar refractivity (Wildman–Crippen MR) is 97.3 cm³/mol. The summed E-state index contributed by atoms with van der Waals surface area (Å²) in [6.45, 7) is 3.34. The first kappa shape index (κ1) is 21.2. The number of rotatable bonds is 5. The Morgan fingerprint density at radius 1 is 1.10 bits per heavy atom. The van der Waals surface area contributed by atoms with E-state index in [-0.39, 0.29) is 23.1 Å². The molecule has 0 fully saturated rings. The molecule has 30 heavy (non-hydrogen) atoms. The highest BCUT2D eigenvalue weighted by atomic mass is 19.4. The molecule has 0 spiro atoms. The van der Waals surface area contributed by atoms with E-state index in [9.17, 15) is 22.4 Å². The van der Waals surface area contributed by atoms with Gasteiger partial charge in [0, 0.05) is 17.8 Å². The Morgan fingerprint density at radius 2 is 1.77 bits per heavy atom. The fraction of sp³-hybridized carbons (Fsp3) is 0.263. The van der Waals surface area contributed by atoms with E-state index in [0.29, 0.717) is 5.56 Å². The summed E-state index contributed by atoms with van der Waals surface area (Å²) >= 11 is 0. The van der Waals surface area contributed by atoms with Crippen molar-refractivity contribution in [3.63, 3.8) is 0 Å². The number of methoxy groups -OCH3 is 1. The number of alkyl halides is 3. The van der Waals surface area contributed by atoms with Gasteiger partial charge in [0.25, 0.3) is 0 Å². The number of hydrogen-bond acceptors (Lipinski definition) is 6. The molecule has 1 aromatic carbocycles. The number of carbonyl (C=O) groups is 1. The van der Waals surface area contributed by atoms with Gasteiger partial charge in [0.1, 0.15) is 11.5 Å². The molecule has 0 atom stereocenters. The molecule has 3 rings (SSSR count). The average Bonchev–Trinajstić information content (AvgIpc) is 3.07. The van der Waals surface area contributed by atoms with Crippen LogP contribution in [0.2, 0.25) is 0 Å². The Hall–Kier alpha value is -3.50. The second-order valence-corrected chi connectivity index (χ2v) is 6.38. The van der Waals surface area contributed by atoms with Gasteiger partial charge in [-0.15, -0.1) is 0 Å². The smallest absolute Gasteiger partial charge is 0.467 e. The van der Waals surface area contributed by atoms with E-state index in [4.69, 9.17) is 4.74 Å². The standard InChI is InChI=1S/C19H16F4N4O3/c1-10(2)27-15(13-8-9-24-17(25-13)29-3)14(11-4-6-12(20)7-5-11)26-18(27)30-16(28)19(21,22)23/h4-10H,1-3H3. The van der Waals surface area contributed by atoms with Crippen molar-refractivity contribution in [1.29, 1.82) is 0 Å². The SMILES string of the molecule is COc1nccc(-c2c(-c3ccc(F)cc3)nc(OC(=O)C(F)(F)F)n2C(C)C)n1. The molecule has 0 radical (unpaired) electrons. The number of aromatic nitrogens is 4. The number of nitrogens with zero attached hydrogens (tertiary/aromatic N) is 4. The molecule has 0 saturated heterocycles. The lowest BCUT2D eigenvalue weighted by molar-refractivity contribution is -0.190. The lowest BCUT2D eigenvalue weighted by Crippen LogP contribution is -2.29. The maximum absolute atomic E-state index is 13.4. The lowest BCUT2D eigenvalue weighted by atomic mass is 10.1. The van der Waals surface area contributed by atoms with Crippen LogP contribution < -0.4 is 9.47 Å². The maximum Gasteiger partial charge on any atom is 0.491 e. The van der Waals surface area contributed by atoms with E-state index >= 15 is 0 Å². The molecular weight excluding hydrogens is 408 g/mol. The van der Waals surface area contributed by atoms with Crippen LogP contribution in [0.5, 0.6) is 12.0 Å². The second kappa shape index (κ2) is 8.09. The summed E-state index contributed by atoms with van der Waals surface area (Å²) in [5.74, 6) is -2.91. The molecule has 7 nitrogen and oxygen atoms in total. The average molecular weight is 424 g/mol. The highest BCUT2D eigenvalue weighted by Crippen LogP contribution is 2.38. The largest absolute Gasteiger partial charge is 0.491 e. The summed E-state index contributed by atoms with van der Waals surface area (Å²) in [5.41, 5.74) is 1.04. The van der Waals surface area contributed by atoms with E-state index < -0.39 is 30.0 Å². The molecule has 0 saturated carbocycles. The van der Waals surface area contributed by atoms with Gasteiger partial charge in [-0.2, -0.15) is 23.1 Å². The summed E-state index contributed by atoms with van der Waals surface area (Å²) < 4.78 is 62.6. The Morgan fingerprint density at radius 3 is 2.33 bits per heavy atom. The van der Waals surface area contributed by atoms with Crippen LogP contribution in [0.25, 0.3) is 22.6 Å². The monoisotopic (exact) mass is 424 g/mol. The fourth-order valence-electron chi connectivity index (χ4n) is 2.73. The number of imidazole rings is 1. The van der Waals surface area contributed by atoms with Crippen molar-refractivity contribution in [2.75, 3.05) is 7.11 Å². The number of halogens is 4. The van der Waals surface area contributed by atoms with Crippen molar-refractivity contribution in [3.8, 4) is 34.7 Å². The first-order valence-corrected chi connectivity index (χ1v) is 8.66. The van der Waals surface area contributed by atoms with Gasteiger partial charge in [-0.1, -0.05) is 0 Å². The molecule has 0 bridgehead atoms. The zero-order valence-electron chi connectivity index (χ0n) is 16.1. The van der Waals surface area contributed by atoms with Crippen LogP contribution in [-0.2, 0) is 4.79 Å². The third-order valence-electron chi connectivity index (χ3n) is 3.99. The Bertz CT molecular complexity index is 1060. The van der Waals surface area contributed by atoms with Crippen LogP contribution >= 0.6 is 0 Å². The summed E-state index contributed by atoms with van der Waals surface area (Å²) in [6.07, 6.45) is -3.81. The highest BCUT2D eigenvalue weighted by Gasteiger charge is 2.42. The van der Waals surface area contributed by atoms with Gasteiger partial charge in [-0.25, -0.2) is 14.2 Å². The third kappa shape index (κ3) is 4.24. The van der Waals surface area contributed by atoms with E-state index in [1.807, 2.05) is 0 Å². The Balaban J connectivity index is 2.27. The maximum atomic E-state index is 13.4. The summed E-state index contributed by atoms with van der Waals surface area (Å²) in [4.78, 5) is 23.7. The van der Waals surface area contributed by atoms with Crippen LogP contribution in [0.3, 0.4) is 0 Å². The van der Waals surface area contributed by atoms with Crippen molar-refractivity contribution < 1.29 is 31.8 Å². The number of hydrogen-bond donors (Lipinski definition) is 0. The molecule has 3 aromatic rings. The minimum Gasteiger partial charge on any atom is -0.467 e. The van der Waals surface area contributed by atoms with Crippen molar-refractivity contribution in [1.82, 2.24) is 19.5 Å². The molecular formula is C19H16F4N4O3. The lowest BCUT2D eigenvalue weighted by Gasteiger charge is -2.16. The molecule has 0 N–H and O–H groups in total. The number of carbonyl (C=O) groups excluding carboxylic acids is 1. The topological polar surface area (TPSA) is 79.1 Å². The molecule has 11 heteroatoms. The molecule has 2 aromatic heterocycles. The zero-order chi connectivity index (χ0) is 22.1. The van der Waals surface area contributed by atoms with Crippen LogP contribution in [0, 0.1) is 5.82 Å². The third-order valence-corrected chi connectivity index (χ3v) is 3.99. The van der Waals surface area contributed by atoms with Crippen molar-refractivity contribution in [2.24, 2.45) is 0 Å². The van der Waals surface area contributed by atoms with Gasteiger partial charge in [0.15, 0.2) is 0 Å². The van der Waals surface area contributed by atoms with Crippen LogP contribution in [0.1, 0.15) is 19.9 Å². The zero-order valence-corrected chi connectivity index (χ0v) is 16.1. The van der Waals surface area contributed by atoms with Gasteiger partial charge < -0.3 is 9.47 Å². The van der Waals surface area contributed by atoms with Crippen molar-refractivity contribution in [3.05, 3.63) is 42.3 Å². The molecule has 0 unspecified atom stereocenters. The minimum absolute atomic E-state index is 0.0166. The number of esters is 1. The summed E-state index contributed by atoms with van der Waals surface area (Å²) in [6, 6.07) is 5.63. The van der Waals surface area contributed by atoms with E-state index in [0.717, 1.165) is 0 Å². The van der Waals surface area contributed by atoms with Gasteiger partial charge in [0.2, 0.25) is 0 Å². The second-order valence-electron chi connectivity index (χ2n) is 6.38. The molecule has 158 valence electrons. The fourth-order valence-corrected chi connectivity index (χ4v) is 2.73. The van der Waals surface area contributed by atoms with Crippen LogP contribution in [0.4, 0.5) is 17.6 Å². The van der Waals surface area contributed by atoms with Gasteiger partial charge in [0.05, 0.1) is 18.5 Å². The van der Waals surface area contributed by atoms with Crippen LogP contribution in [0.15, 0.2) is 36.5 Å². The number of ether oxygens (including phenoxy) is 2. The normalized spacial score (nSPS) is 11.6. The van der Waals surface area contributed by atoms with Crippen LogP contribution in [-0.4, -0.2) is 38.8 Å². The Labute approximate surface area is 168 Å². The Kier molecular flexibility index (Phi) is 5.72. The van der Waals surface area contributed by atoms with Gasteiger partial charge >= 0.3 is 24.2 Å². The number of benzene rings is 1. The van der Waals surface area contributed by atoms with E-state index in [1.54, 1.807) is 13.8 Å². The highest BCUT2D eigenvalue weighted by molar-refractivity contribution is 5.81. The van der Waals surface area contributed by atoms with Crippen molar-refractivity contribution in [2.45, 2.75) is 26.1 Å². The molecule has 0 aliphatic heterocycles. The van der Waals surface area contributed by atoms with Gasteiger partial charge in [-0.05, 0) is 44.2 Å². The predicted octanol–water partition coefficient (Wildman–Crippen LogP) is 4.20. The minimum atomic E-state index is -5.21. The molecule has 2 heterocycles. The molecule has 0 amide bonds. The van der Waals surface area contributed by atoms with E-state index in [1.165, 1.54) is 48.2 Å².